The lowest BCUT2D eigenvalue weighted by Crippen LogP contribution is -1.91. The Bertz CT molecular complexity index is 948. The number of nitrogens with two attached hydrogens (primary N) is 1. The van der Waals surface area contributed by atoms with Crippen LogP contribution in [-0.4, -0.2) is 9.36 Å². The van der Waals surface area contributed by atoms with Gasteiger partial charge in [-0.15, -0.1) is 0 Å². The Balaban J connectivity index is 1.86. The first-order valence-corrected chi connectivity index (χ1v) is 7.26. The molecular weight excluding hydrogens is 282 g/mol. The third-order valence-corrected chi connectivity index (χ3v) is 4.07. The first kappa shape index (κ1) is 12.1. The summed E-state index contributed by atoms with van der Waals surface area (Å²) in [6, 6.07) is 15.4. The maximum Gasteiger partial charge on any atom is 0.207 e. The molecule has 4 rings (SSSR count). The van der Waals surface area contributed by atoms with Crippen LogP contribution in [0.15, 0.2) is 54.7 Å². The maximum atomic E-state index is 6.06. The van der Waals surface area contributed by atoms with Gasteiger partial charge < -0.3 is 10.5 Å². The van der Waals surface area contributed by atoms with Crippen LogP contribution in [-0.2, 0) is 0 Å². The van der Waals surface area contributed by atoms with Crippen molar-refractivity contribution in [3.05, 3.63) is 54.7 Å². The van der Waals surface area contributed by atoms with Crippen LogP contribution in [0.4, 0.5) is 5.69 Å². The highest BCUT2D eigenvalue weighted by Gasteiger charge is 2.11. The summed E-state index contributed by atoms with van der Waals surface area (Å²) in [5.74, 6) is 0.738. The van der Waals surface area contributed by atoms with E-state index in [0.29, 0.717) is 5.69 Å². The van der Waals surface area contributed by atoms with Crippen LogP contribution in [0, 0.1) is 0 Å². The number of nitrogens with zero attached hydrogens (tertiary/aromatic N) is 2. The fraction of sp³-hybridized carbons (Fsp3) is 0. The van der Waals surface area contributed by atoms with Gasteiger partial charge in [0.2, 0.25) is 5.06 Å². The maximum absolute atomic E-state index is 6.06. The van der Waals surface area contributed by atoms with E-state index in [0.717, 1.165) is 32.6 Å². The van der Waals surface area contributed by atoms with E-state index in [-0.39, 0.29) is 0 Å². The van der Waals surface area contributed by atoms with Crippen LogP contribution in [0.25, 0.3) is 21.8 Å². The molecule has 0 aliphatic carbocycles. The standard InChI is InChI=1S/C16H11N3OS/c17-12-7-8-14(11-5-3-9-18-15(11)12)20-16-10-4-1-2-6-13(10)19-21-16/h1-9H,17H2. The summed E-state index contributed by atoms with van der Waals surface area (Å²) in [6.07, 6.45) is 1.73. The molecule has 5 heteroatoms. The number of pyridine rings is 1. The van der Waals surface area contributed by atoms with E-state index >= 15 is 0 Å². The zero-order valence-electron chi connectivity index (χ0n) is 11.0. The zero-order chi connectivity index (χ0) is 14.2. The number of fused-ring (bicyclic) bond motifs is 2. The van der Waals surface area contributed by atoms with Crippen molar-refractivity contribution in [2.75, 3.05) is 5.73 Å². The van der Waals surface area contributed by atoms with Gasteiger partial charge in [-0.05, 0) is 36.4 Å². The van der Waals surface area contributed by atoms with E-state index in [1.165, 1.54) is 11.5 Å². The Morgan fingerprint density at radius 1 is 0.952 bits per heavy atom. The topological polar surface area (TPSA) is 61.0 Å². The lowest BCUT2D eigenvalue weighted by atomic mass is 10.2. The molecule has 0 radical (unpaired) electrons. The summed E-state index contributed by atoms with van der Waals surface area (Å²) in [7, 11) is 0. The van der Waals surface area contributed by atoms with Crippen LogP contribution in [0.1, 0.15) is 0 Å². The molecule has 0 aliphatic heterocycles. The highest BCUT2D eigenvalue weighted by Crippen LogP contribution is 2.37. The second-order valence-electron chi connectivity index (χ2n) is 4.64. The first-order valence-electron chi connectivity index (χ1n) is 6.48. The summed E-state index contributed by atoms with van der Waals surface area (Å²) in [4.78, 5) is 4.32. The number of ether oxygens (including phenoxy) is 1. The van der Waals surface area contributed by atoms with Gasteiger partial charge in [0, 0.05) is 23.1 Å². The van der Waals surface area contributed by atoms with Gasteiger partial charge in [0.15, 0.2) is 0 Å². The van der Waals surface area contributed by atoms with Crippen molar-refractivity contribution in [2.24, 2.45) is 0 Å². The Morgan fingerprint density at radius 2 is 1.81 bits per heavy atom. The van der Waals surface area contributed by atoms with Gasteiger partial charge in [0.05, 0.1) is 22.1 Å². The minimum atomic E-state index is 0.645. The van der Waals surface area contributed by atoms with Crippen LogP contribution in [0.2, 0.25) is 0 Å². The molecule has 21 heavy (non-hydrogen) atoms. The molecule has 0 bridgehead atoms. The molecule has 102 valence electrons. The second-order valence-corrected chi connectivity index (χ2v) is 5.38. The van der Waals surface area contributed by atoms with Crippen molar-refractivity contribution >= 4 is 39.0 Å². The quantitative estimate of drug-likeness (QED) is 0.562. The predicted molar refractivity (Wildman–Crippen MR) is 85.8 cm³/mol. The van der Waals surface area contributed by atoms with Crippen LogP contribution in [0.3, 0.4) is 0 Å². The Morgan fingerprint density at radius 3 is 2.76 bits per heavy atom. The lowest BCUT2D eigenvalue weighted by molar-refractivity contribution is 0.507. The second kappa shape index (κ2) is 4.71. The number of anilines is 1. The van der Waals surface area contributed by atoms with Crippen LogP contribution in [0.5, 0.6) is 10.8 Å². The third kappa shape index (κ3) is 1.98. The molecule has 4 aromatic rings. The number of benzene rings is 2. The normalized spacial score (nSPS) is 11.0. The van der Waals surface area contributed by atoms with E-state index in [1.54, 1.807) is 6.20 Å². The number of rotatable bonds is 2. The van der Waals surface area contributed by atoms with Gasteiger partial charge in [-0.1, -0.05) is 12.1 Å². The molecule has 0 atom stereocenters. The molecule has 0 saturated heterocycles. The molecule has 0 unspecified atom stereocenters. The number of aromatic nitrogens is 2. The van der Waals surface area contributed by atoms with Crippen molar-refractivity contribution in [2.45, 2.75) is 0 Å². The van der Waals surface area contributed by atoms with Gasteiger partial charge in [-0.3, -0.25) is 4.98 Å². The minimum absolute atomic E-state index is 0.645. The summed E-state index contributed by atoms with van der Waals surface area (Å²) in [5.41, 5.74) is 8.30. The lowest BCUT2D eigenvalue weighted by Gasteiger charge is -2.08. The molecule has 2 aromatic heterocycles. The average Bonchev–Trinajstić information content (AvgIpc) is 2.94. The Kier molecular flexibility index (Phi) is 2.72. The van der Waals surface area contributed by atoms with Crippen LogP contribution >= 0.6 is 11.5 Å². The zero-order valence-corrected chi connectivity index (χ0v) is 11.8. The van der Waals surface area contributed by atoms with Crippen molar-refractivity contribution in [1.82, 2.24) is 9.36 Å². The van der Waals surface area contributed by atoms with E-state index in [2.05, 4.69) is 9.36 Å². The molecule has 2 N–H and O–H groups in total. The molecule has 0 aliphatic rings. The largest absolute Gasteiger partial charge is 0.444 e. The first-order chi connectivity index (χ1) is 10.3. The summed E-state index contributed by atoms with van der Waals surface area (Å²) in [6.45, 7) is 0. The monoisotopic (exact) mass is 293 g/mol. The fourth-order valence-corrected chi connectivity index (χ4v) is 3.03. The molecule has 4 nitrogen and oxygen atoms in total. The smallest absolute Gasteiger partial charge is 0.207 e. The fourth-order valence-electron chi connectivity index (χ4n) is 2.30. The highest BCUT2D eigenvalue weighted by molar-refractivity contribution is 7.09. The number of hydrogen-bond donors (Lipinski definition) is 1. The van der Waals surface area contributed by atoms with Gasteiger partial charge in [0.25, 0.3) is 0 Å². The summed E-state index contributed by atoms with van der Waals surface area (Å²) < 4.78 is 10.4. The summed E-state index contributed by atoms with van der Waals surface area (Å²) >= 11 is 1.35. The molecule has 0 saturated carbocycles. The van der Waals surface area contributed by atoms with E-state index in [4.69, 9.17) is 10.5 Å². The van der Waals surface area contributed by atoms with E-state index in [9.17, 15) is 0 Å². The average molecular weight is 293 g/mol. The van der Waals surface area contributed by atoms with Crippen molar-refractivity contribution < 1.29 is 4.74 Å². The predicted octanol–water partition coefficient (Wildman–Crippen LogP) is 4.22. The van der Waals surface area contributed by atoms with Crippen LogP contribution < -0.4 is 10.5 Å². The molecular formula is C16H11N3OS. The molecule has 2 heterocycles. The molecule has 2 aromatic carbocycles. The van der Waals surface area contributed by atoms with Gasteiger partial charge >= 0.3 is 0 Å². The minimum Gasteiger partial charge on any atom is -0.444 e. The Labute approximate surface area is 125 Å². The van der Waals surface area contributed by atoms with Gasteiger partial charge in [0.1, 0.15) is 5.75 Å². The van der Waals surface area contributed by atoms with Crippen molar-refractivity contribution in [1.29, 1.82) is 0 Å². The summed E-state index contributed by atoms with van der Waals surface area (Å²) in [5, 5.41) is 2.69. The molecule has 0 spiro atoms. The van der Waals surface area contributed by atoms with Crippen molar-refractivity contribution in [3.63, 3.8) is 0 Å². The SMILES string of the molecule is Nc1ccc(Oc2snc3ccccc23)c2cccnc12. The molecule has 0 fully saturated rings. The Hall–Kier alpha value is -2.66. The molecule has 0 amide bonds. The van der Waals surface area contributed by atoms with E-state index < -0.39 is 0 Å². The van der Waals surface area contributed by atoms with Crippen molar-refractivity contribution in [3.8, 4) is 10.8 Å². The number of hydrogen-bond acceptors (Lipinski definition) is 5. The highest BCUT2D eigenvalue weighted by atomic mass is 32.1. The van der Waals surface area contributed by atoms with Gasteiger partial charge in [-0.2, -0.15) is 4.37 Å². The third-order valence-electron chi connectivity index (χ3n) is 3.31. The number of nitrogen functional groups attached to an aromatic ring is 1. The van der Waals surface area contributed by atoms with E-state index in [1.807, 2.05) is 48.5 Å². The van der Waals surface area contributed by atoms with Gasteiger partial charge in [-0.25, -0.2) is 0 Å².